The van der Waals surface area contributed by atoms with Crippen molar-refractivity contribution >= 4 is 11.9 Å². The number of aromatic carboxylic acids is 1. The number of carbonyl (C=O) groups is 1. The fourth-order valence-electron chi connectivity index (χ4n) is 3.66. The molecule has 0 bridgehead atoms. The number of carboxylic acid groups (broad SMARTS) is 1. The molecule has 0 saturated carbocycles. The van der Waals surface area contributed by atoms with Crippen molar-refractivity contribution in [3.05, 3.63) is 82.3 Å². The van der Waals surface area contributed by atoms with Crippen molar-refractivity contribution in [1.82, 2.24) is 15.3 Å². The molecule has 0 amide bonds. The maximum absolute atomic E-state index is 12.4. The van der Waals surface area contributed by atoms with Crippen molar-refractivity contribution in [2.45, 2.75) is 18.9 Å². The molecule has 7 nitrogen and oxygen atoms in total. The number of anilines is 1. The van der Waals surface area contributed by atoms with E-state index in [2.05, 4.69) is 25.5 Å². The van der Waals surface area contributed by atoms with E-state index in [1.807, 2.05) is 30.3 Å². The van der Waals surface area contributed by atoms with Gasteiger partial charge in [-0.15, -0.1) is 6.54 Å². The molecule has 2 N–H and O–H groups in total. The molecule has 2 heterocycles. The van der Waals surface area contributed by atoms with Crippen LogP contribution in [-0.4, -0.2) is 54.3 Å². The molecule has 0 atom stereocenters. The molecule has 204 valence electrons. The summed E-state index contributed by atoms with van der Waals surface area (Å²) in [5.41, 5.74) is -1.37. The first-order valence-electron chi connectivity index (χ1n) is 11.4. The maximum atomic E-state index is 12.4. The zero-order valence-electron chi connectivity index (χ0n) is 20.1. The second-order valence-corrected chi connectivity index (χ2v) is 8.23. The Morgan fingerprint density at radius 2 is 1.58 bits per heavy atom. The van der Waals surface area contributed by atoms with Crippen LogP contribution in [0.1, 0.15) is 27.0 Å². The van der Waals surface area contributed by atoms with Gasteiger partial charge in [0.25, 0.3) is 0 Å². The molecule has 1 fully saturated rings. The van der Waals surface area contributed by atoms with E-state index in [1.54, 1.807) is 0 Å². The van der Waals surface area contributed by atoms with E-state index >= 15 is 0 Å². The Hall–Kier alpha value is -3.71. The molecule has 3 aromatic rings. The highest BCUT2D eigenvalue weighted by Crippen LogP contribution is 2.36. The van der Waals surface area contributed by atoms with Gasteiger partial charge < -0.3 is 20.6 Å². The molecule has 0 unspecified atom stereocenters. The van der Waals surface area contributed by atoms with E-state index in [1.165, 1.54) is 13.2 Å². The van der Waals surface area contributed by atoms with E-state index in [0.29, 0.717) is 23.8 Å². The fourth-order valence-corrected chi connectivity index (χ4v) is 3.66. The van der Waals surface area contributed by atoms with Crippen LogP contribution in [0.4, 0.5) is 32.3 Å². The lowest BCUT2D eigenvalue weighted by molar-refractivity contribution is -0.143. The number of halogens is 6. The van der Waals surface area contributed by atoms with Gasteiger partial charge in [-0.2, -0.15) is 33.4 Å². The van der Waals surface area contributed by atoms with Gasteiger partial charge in [-0.05, 0) is 18.2 Å². The number of benzene rings is 2. The summed E-state index contributed by atoms with van der Waals surface area (Å²) in [5, 5.41) is 16.1. The Balaban J connectivity index is 0.000000216. The SMILES string of the molecule is C[N-]Cc1cc(C(F)(F)F)cc(C(F)(F)F)c1.O=C(O)c1cnc(N2CCNCC2)nc1-c1ccccc1. The first-order chi connectivity index (χ1) is 17.9. The lowest BCUT2D eigenvalue weighted by Crippen LogP contribution is -2.44. The second kappa shape index (κ2) is 12.2. The average Bonchev–Trinajstić information content (AvgIpc) is 2.89. The van der Waals surface area contributed by atoms with Gasteiger partial charge in [0.1, 0.15) is 5.56 Å². The van der Waals surface area contributed by atoms with Crippen LogP contribution in [0, 0.1) is 0 Å². The number of nitrogens with zero attached hydrogens (tertiary/aromatic N) is 4. The average molecular weight is 540 g/mol. The number of rotatable bonds is 5. The summed E-state index contributed by atoms with van der Waals surface area (Å²) in [6.07, 6.45) is -8.21. The minimum atomic E-state index is -4.80. The van der Waals surface area contributed by atoms with Gasteiger partial charge in [0, 0.05) is 37.9 Å². The van der Waals surface area contributed by atoms with Gasteiger partial charge >= 0.3 is 18.3 Å². The van der Waals surface area contributed by atoms with Crippen molar-refractivity contribution in [1.29, 1.82) is 0 Å². The smallest absolute Gasteiger partial charge is 0.416 e. The van der Waals surface area contributed by atoms with Crippen LogP contribution >= 0.6 is 0 Å². The highest BCUT2D eigenvalue weighted by atomic mass is 19.4. The predicted molar refractivity (Wildman–Crippen MR) is 129 cm³/mol. The first-order valence-corrected chi connectivity index (χ1v) is 11.4. The molecule has 1 aromatic heterocycles. The third kappa shape index (κ3) is 7.65. The Labute approximate surface area is 214 Å². The molecule has 1 saturated heterocycles. The quantitative estimate of drug-likeness (QED) is 0.417. The number of hydrogen-bond donors (Lipinski definition) is 2. The molecular formula is C25H24F6N5O2-. The second-order valence-electron chi connectivity index (χ2n) is 8.23. The summed E-state index contributed by atoms with van der Waals surface area (Å²) >= 11 is 0. The van der Waals surface area contributed by atoms with Gasteiger partial charge in [0.15, 0.2) is 0 Å². The van der Waals surface area contributed by atoms with Gasteiger partial charge in [0.05, 0.1) is 16.8 Å². The summed E-state index contributed by atoms with van der Waals surface area (Å²) in [6, 6.07) is 10.8. The third-order valence-corrected chi connectivity index (χ3v) is 5.44. The van der Waals surface area contributed by atoms with Crippen molar-refractivity contribution in [2.24, 2.45) is 0 Å². The van der Waals surface area contributed by atoms with Crippen molar-refractivity contribution < 1.29 is 36.2 Å². The van der Waals surface area contributed by atoms with Crippen LogP contribution in [0.3, 0.4) is 0 Å². The van der Waals surface area contributed by atoms with Crippen LogP contribution in [0.25, 0.3) is 16.6 Å². The summed E-state index contributed by atoms with van der Waals surface area (Å²) in [5.74, 6) is -0.430. The van der Waals surface area contributed by atoms with Crippen molar-refractivity contribution in [2.75, 3.05) is 38.1 Å². The Morgan fingerprint density at radius 1 is 1.00 bits per heavy atom. The number of carboxylic acids is 1. The summed E-state index contributed by atoms with van der Waals surface area (Å²) in [4.78, 5) is 22.2. The lowest BCUT2D eigenvalue weighted by atomic mass is 10.0. The zero-order chi connectivity index (χ0) is 27.9. The number of alkyl halides is 6. The monoisotopic (exact) mass is 540 g/mol. The van der Waals surface area contributed by atoms with Gasteiger partial charge in [0.2, 0.25) is 5.95 Å². The number of aromatic nitrogens is 2. The molecule has 0 radical (unpaired) electrons. The summed E-state index contributed by atoms with van der Waals surface area (Å²) < 4.78 is 74.3. The number of hydrogen-bond acceptors (Lipinski definition) is 5. The van der Waals surface area contributed by atoms with E-state index < -0.39 is 29.4 Å². The minimum Gasteiger partial charge on any atom is -0.661 e. The molecular weight excluding hydrogens is 516 g/mol. The number of nitrogens with one attached hydrogen (secondary N) is 1. The summed E-state index contributed by atoms with van der Waals surface area (Å²) in [6.45, 7) is 3.21. The Morgan fingerprint density at radius 3 is 2.08 bits per heavy atom. The number of piperazine rings is 1. The van der Waals surface area contributed by atoms with Crippen LogP contribution in [-0.2, 0) is 18.9 Å². The Kier molecular flexibility index (Phi) is 9.28. The Bertz CT molecular complexity index is 1200. The van der Waals surface area contributed by atoms with E-state index in [0.717, 1.165) is 31.7 Å². The van der Waals surface area contributed by atoms with E-state index in [9.17, 15) is 36.2 Å². The molecule has 4 rings (SSSR count). The largest absolute Gasteiger partial charge is 0.661 e. The van der Waals surface area contributed by atoms with Crippen molar-refractivity contribution in [3.63, 3.8) is 0 Å². The first kappa shape index (κ1) is 28.9. The molecule has 1 aliphatic rings. The normalized spacial score (nSPS) is 14.0. The minimum absolute atomic E-state index is 0.0964. The standard InChI is InChI=1S/C15H16N4O2.C10H8F6N/c20-14(21)12-10-17-15(19-8-6-16-7-9-19)18-13(12)11-4-2-1-3-5-11;1-17-5-6-2-7(9(11,12)13)4-8(3-6)10(14,15)16/h1-5,10,16H,6-9H2,(H,20,21);2-4H,5H2,1H3/q;-1. The van der Waals surface area contributed by atoms with E-state index in [-0.39, 0.29) is 23.7 Å². The van der Waals surface area contributed by atoms with Crippen molar-refractivity contribution in [3.8, 4) is 11.3 Å². The zero-order valence-corrected chi connectivity index (χ0v) is 20.1. The molecule has 0 aliphatic carbocycles. The molecule has 1 aliphatic heterocycles. The van der Waals surface area contributed by atoms with E-state index in [4.69, 9.17) is 0 Å². The predicted octanol–water partition coefficient (Wildman–Crippen LogP) is 5.48. The highest BCUT2D eigenvalue weighted by Gasteiger charge is 2.36. The van der Waals surface area contributed by atoms with Crippen LogP contribution < -0.4 is 10.2 Å². The molecule has 13 heteroatoms. The van der Waals surface area contributed by atoms with Crippen LogP contribution in [0.2, 0.25) is 0 Å². The van der Waals surface area contributed by atoms with Gasteiger partial charge in [-0.25, -0.2) is 14.8 Å². The lowest BCUT2D eigenvalue weighted by Gasteiger charge is -2.27. The maximum Gasteiger partial charge on any atom is 0.416 e. The van der Waals surface area contributed by atoms with Gasteiger partial charge in [-0.3, -0.25) is 0 Å². The molecule has 38 heavy (non-hydrogen) atoms. The fraction of sp³-hybridized carbons (Fsp3) is 0.320. The van der Waals surface area contributed by atoms with Crippen LogP contribution in [0.5, 0.6) is 0 Å². The highest BCUT2D eigenvalue weighted by molar-refractivity contribution is 5.94. The molecule has 2 aromatic carbocycles. The van der Waals surface area contributed by atoms with Crippen LogP contribution in [0.15, 0.2) is 54.7 Å². The topological polar surface area (TPSA) is 92.5 Å². The third-order valence-electron chi connectivity index (χ3n) is 5.44. The molecule has 0 spiro atoms. The van der Waals surface area contributed by atoms with Gasteiger partial charge in [-0.1, -0.05) is 35.9 Å². The summed E-state index contributed by atoms with van der Waals surface area (Å²) in [7, 11) is 1.31.